The number of aryl methyl sites for hydroxylation is 1. The van der Waals surface area contributed by atoms with Gasteiger partial charge < -0.3 is 14.6 Å². The van der Waals surface area contributed by atoms with Crippen molar-refractivity contribution in [1.29, 1.82) is 0 Å². The number of pyridine rings is 1. The molecule has 1 atom stereocenters. The van der Waals surface area contributed by atoms with Gasteiger partial charge in [0.05, 0.1) is 31.4 Å². The molecule has 1 N–H and O–H groups in total. The highest BCUT2D eigenvalue weighted by Gasteiger charge is 2.47. The van der Waals surface area contributed by atoms with Crippen LogP contribution in [0.2, 0.25) is 0 Å². The molecule has 3 aromatic rings. The Balaban J connectivity index is 1.95. The normalized spacial score (nSPS) is 17.5. The van der Waals surface area contributed by atoms with Crippen LogP contribution in [0.25, 0.3) is 5.76 Å². The van der Waals surface area contributed by atoms with Gasteiger partial charge in [0.1, 0.15) is 17.3 Å². The summed E-state index contributed by atoms with van der Waals surface area (Å²) in [5.74, 6) is -0.775. The van der Waals surface area contributed by atoms with E-state index in [1.807, 2.05) is 13.0 Å². The number of nitrogens with zero attached hydrogens (tertiary/aromatic N) is 2. The monoisotopic (exact) mass is 430 g/mol. The lowest BCUT2D eigenvalue weighted by Crippen LogP contribution is -2.29. The summed E-state index contributed by atoms with van der Waals surface area (Å²) >= 11 is 0. The van der Waals surface area contributed by atoms with Crippen molar-refractivity contribution in [2.45, 2.75) is 13.0 Å². The maximum Gasteiger partial charge on any atom is 0.300 e. The number of aromatic nitrogens is 1. The van der Waals surface area contributed by atoms with Crippen LogP contribution < -0.4 is 14.4 Å². The smallest absolute Gasteiger partial charge is 0.300 e. The van der Waals surface area contributed by atoms with Gasteiger partial charge in [-0.3, -0.25) is 19.5 Å². The summed E-state index contributed by atoms with van der Waals surface area (Å²) in [6.45, 7) is 1.87. The number of carbonyl (C=O) groups excluding carboxylic acids is 2. The summed E-state index contributed by atoms with van der Waals surface area (Å²) < 4.78 is 10.6. The van der Waals surface area contributed by atoms with Gasteiger partial charge in [0.25, 0.3) is 11.7 Å². The van der Waals surface area contributed by atoms with Crippen molar-refractivity contribution in [3.05, 3.63) is 89.3 Å². The number of aliphatic hydroxyl groups excluding tert-OH is 1. The minimum atomic E-state index is -0.836. The zero-order valence-electron chi connectivity index (χ0n) is 17.9. The van der Waals surface area contributed by atoms with E-state index in [0.29, 0.717) is 28.3 Å². The molecule has 4 rings (SSSR count). The molecule has 1 aliphatic rings. The second-order valence-electron chi connectivity index (χ2n) is 7.35. The van der Waals surface area contributed by atoms with Crippen molar-refractivity contribution < 1.29 is 24.2 Å². The number of hydrogen-bond acceptors (Lipinski definition) is 6. The van der Waals surface area contributed by atoms with Crippen molar-refractivity contribution in [3.8, 4) is 11.5 Å². The van der Waals surface area contributed by atoms with E-state index in [2.05, 4.69) is 4.98 Å². The summed E-state index contributed by atoms with van der Waals surface area (Å²) in [5, 5.41) is 11.3. The number of methoxy groups -OCH3 is 2. The standard InChI is InChI=1S/C25H22N2O5/c1-15-4-9-20(32-3)19(14-15)23(28)21-22(16-10-12-26-13-11-16)27(25(30)24(21)29)17-5-7-18(31-2)8-6-17/h4-14,22,28H,1-3H3/b23-21+. The summed E-state index contributed by atoms with van der Waals surface area (Å²) in [5.41, 5.74) is 2.35. The highest BCUT2D eigenvalue weighted by Crippen LogP contribution is 2.43. The van der Waals surface area contributed by atoms with Gasteiger partial charge in [-0.25, -0.2) is 0 Å². The molecule has 1 amide bonds. The Kier molecular flexibility index (Phi) is 5.64. The summed E-state index contributed by atoms with van der Waals surface area (Å²) in [6.07, 6.45) is 3.16. The largest absolute Gasteiger partial charge is 0.507 e. The van der Waals surface area contributed by atoms with E-state index in [4.69, 9.17) is 9.47 Å². The Labute approximate surface area is 185 Å². The molecule has 32 heavy (non-hydrogen) atoms. The SMILES string of the molecule is COc1ccc(N2C(=O)C(=O)/C(=C(/O)c3cc(C)ccc3OC)C2c2ccncc2)cc1. The van der Waals surface area contributed by atoms with Crippen molar-refractivity contribution >= 4 is 23.1 Å². The molecule has 0 saturated carbocycles. The number of carbonyl (C=O) groups is 2. The zero-order valence-corrected chi connectivity index (χ0v) is 17.9. The molecule has 1 saturated heterocycles. The van der Waals surface area contributed by atoms with E-state index in [-0.39, 0.29) is 11.3 Å². The first-order chi connectivity index (χ1) is 15.5. The van der Waals surface area contributed by atoms with Gasteiger partial charge in [0.15, 0.2) is 0 Å². The first-order valence-electron chi connectivity index (χ1n) is 9.96. The van der Waals surface area contributed by atoms with E-state index < -0.39 is 17.7 Å². The summed E-state index contributed by atoms with van der Waals surface area (Å²) in [4.78, 5) is 31.8. The van der Waals surface area contributed by atoms with Gasteiger partial charge in [-0.05, 0) is 61.0 Å². The lowest BCUT2D eigenvalue weighted by atomic mass is 9.95. The lowest BCUT2D eigenvalue weighted by molar-refractivity contribution is -0.132. The van der Waals surface area contributed by atoms with Crippen LogP contribution in [0.3, 0.4) is 0 Å². The van der Waals surface area contributed by atoms with Crippen molar-refractivity contribution in [2.24, 2.45) is 0 Å². The van der Waals surface area contributed by atoms with Crippen LogP contribution >= 0.6 is 0 Å². The topological polar surface area (TPSA) is 89.0 Å². The highest BCUT2D eigenvalue weighted by atomic mass is 16.5. The fourth-order valence-electron chi connectivity index (χ4n) is 3.85. The Bertz CT molecular complexity index is 1200. The predicted octanol–water partition coefficient (Wildman–Crippen LogP) is 4.03. The average Bonchev–Trinajstić information content (AvgIpc) is 3.09. The number of rotatable bonds is 5. The van der Waals surface area contributed by atoms with Crippen molar-refractivity contribution in [3.63, 3.8) is 0 Å². The molecule has 7 heteroatoms. The molecular weight excluding hydrogens is 408 g/mol. The van der Waals surface area contributed by atoms with Gasteiger partial charge in [-0.1, -0.05) is 11.6 Å². The molecule has 7 nitrogen and oxygen atoms in total. The molecular formula is C25H22N2O5. The second-order valence-corrected chi connectivity index (χ2v) is 7.35. The number of anilines is 1. The summed E-state index contributed by atoms with van der Waals surface area (Å²) in [6, 6.07) is 14.7. The minimum absolute atomic E-state index is 0.0130. The van der Waals surface area contributed by atoms with Crippen LogP contribution in [0.4, 0.5) is 5.69 Å². The third kappa shape index (κ3) is 3.58. The van der Waals surface area contributed by atoms with E-state index in [0.717, 1.165) is 5.56 Å². The predicted molar refractivity (Wildman–Crippen MR) is 120 cm³/mol. The van der Waals surface area contributed by atoms with Gasteiger partial charge in [-0.15, -0.1) is 0 Å². The van der Waals surface area contributed by atoms with Crippen LogP contribution in [-0.4, -0.2) is 36.0 Å². The quantitative estimate of drug-likeness (QED) is 0.373. The van der Waals surface area contributed by atoms with E-state index in [1.165, 1.54) is 12.0 Å². The number of amides is 1. The summed E-state index contributed by atoms with van der Waals surface area (Å²) in [7, 11) is 3.03. The molecule has 0 aliphatic carbocycles. The third-order valence-corrected chi connectivity index (χ3v) is 5.43. The maximum absolute atomic E-state index is 13.2. The van der Waals surface area contributed by atoms with Crippen molar-refractivity contribution in [2.75, 3.05) is 19.1 Å². The maximum atomic E-state index is 13.2. The molecule has 2 heterocycles. The first kappa shape index (κ1) is 21.1. The van der Waals surface area contributed by atoms with Crippen LogP contribution in [0.5, 0.6) is 11.5 Å². The van der Waals surface area contributed by atoms with Gasteiger partial charge in [-0.2, -0.15) is 0 Å². The lowest BCUT2D eigenvalue weighted by Gasteiger charge is -2.25. The van der Waals surface area contributed by atoms with Crippen LogP contribution in [-0.2, 0) is 9.59 Å². The molecule has 2 aromatic carbocycles. The Hall–Kier alpha value is -4.13. The number of benzene rings is 2. The molecule has 1 fully saturated rings. The minimum Gasteiger partial charge on any atom is -0.507 e. The fourth-order valence-corrected chi connectivity index (χ4v) is 3.85. The van der Waals surface area contributed by atoms with E-state index in [1.54, 1.807) is 68.0 Å². The van der Waals surface area contributed by atoms with Crippen LogP contribution in [0.15, 0.2) is 72.6 Å². The molecule has 0 spiro atoms. The Morgan fingerprint density at radius 1 is 0.969 bits per heavy atom. The highest BCUT2D eigenvalue weighted by molar-refractivity contribution is 6.51. The van der Waals surface area contributed by atoms with Gasteiger partial charge in [0, 0.05) is 18.1 Å². The van der Waals surface area contributed by atoms with Crippen LogP contribution in [0.1, 0.15) is 22.7 Å². The zero-order chi connectivity index (χ0) is 22.8. The molecule has 0 bridgehead atoms. The Morgan fingerprint density at radius 2 is 1.66 bits per heavy atom. The first-order valence-corrected chi connectivity index (χ1v) is 9.96. The van der Waals surface area contributed by atoms with E-state index >= 15 is 0 Å². The molecule has 0 radical (unpaired) electrons. The van der Waals surface area contributed by atoms with Gasteiger partial charge >= 0.3 is 0 Å². The molecule has 1 unspecified atom stereocenters. The van der Waals surface area contributed by atoms with E-state index in [9.17, 15) is 14.7 Å². The number of ketones is 1. The Morgan fingerprint density at radius 3 is 2.28 bits per heavy atom. The molecule has 162 valence electrons. The third-order valence-electron chi connectivity index (χ3n) is 5.43. The fraction of sp³-hybridized carbons (Fsp3) is 0.160. The van der Waals surface area contributed by atoms with Crippen molar-refractivity contribution in [1.82, 2.24) is 4.98 Å². The van der Waals surface area contributed by atoms with Gasteiger partial charge in [0.2, 0.25) is 0 Å². The number of Topliss-reactive ketones (excluding diaryl/α,β-unsaturated/α-hetero) is 1. The number of hydrogen-bond donors (Lipinski definition) is 1. The number of aliphatic hydroxyl groups is 1. The average molecular weight is 430 g/mol. The molecule has 1 aromatic heterocycles. The number of ether oxygens (including phenoxy) is 2. The molecule has 1 aliphatic heterocycles. The van der Waals surface area contributed by atoms with Crippen LogP contribution in [0, 0.1) is 6.92 Å². The second kappa shape index (κ2) is 8.55.